The zero-order chi connectivity index (χ0) is 12.4. The number of aliphatic hydroxyl groups excluding tert-OH is 2. The molecule has 0 heterocycles. The fraction of sp³-hybridized carbons (Fsp3) is 0.500. The van der Waals surface area contributed by atoms with Crippen LogP contribution in [0.4, 0.5) is 0 Å². The Hall–Kier alpha value is -0.320. The first-order valence-corrected chi connectivity index (χ1v) is 6.37. The van der Waals surface area contributed by atoms with Gasteiger partial charge in [0, 0.05) is 16.1 Å². The average molecular weight is 276 g/mol. The molecular formula is C12H15Cl2NO2. The number of aliphatic hydroxyl groups is 2. The smallest absolute Gasteiger partial charge is 0.0607 e. The van der Waals surface area contributed by atoms with Crippen LogP contribution in [0.3, 0.4) is 0 Å². The summed E-state index contributed by atoms with van der Waals surface area (Å²) in [7, 11) is 0. The lowest BCUT2D eigenvalue weighted by Gasteiger charge is -2.20. The molecule has 1 atom stereocenters. The largest absolute Gasteiger partial charge is 0.395 e. The molecule has 1 aliphatic rings. The average Bonchev–Trinajstić information content (AvgIpc) is 2.69. The number of halogens is 2. The lowest BCUT2D eigenvalue weighted by Crippen LogP contribution is -2.37. The van der Waals surface area contributed by atoms with Gasteiger partial charge in [0.1, 0.15) is 0 Å². The van der Waals surface area contributed by atoms with E-state index in [2.05, 4.69) is 5.32 Å². The third-order valence-corrected chi connectivity index (χ3v) is 3.69. The second kappa shape index (κ2) is 5.55. The molecule has 2 rings (SSSR count). The standard InChI is InChI=1S/C12H15Cl2NO2/c13-7-3-10-9(11(14)4-7)1-2-12(10)15-8(5-16)6-17/h3-4,8,12,15-17H,1-2,5-6H2/t12-/m1/s1. The summed E-state index contributed by atoms with van der Waals surface area (Å²) in [5.41, 5.74) is 2.19. The van der Waals surface area contributed by atoms with Crippen molar-refractivity contribution in [2.45, 2.75) is 24.9 Å². The van der Waals surface area contributed by atoms with E-state index in [9.17, 15) is 0 Å². The second-order valence-electron chi connectivity index (χ2n) is 4.28. The molecule has 0 amide bonds. The SMILES string of the molecule is OCC(CO)N[C@@H]1CCc2c(Cl)cc(Cl)cc21. The molecule has 94 valence electrons. The van der Waals surface area contributed by atoms with E-state index in [1.807, 2.05) is 6.07 Å². The fourth-order valence-corrected chi connectivity index (χ4v) is 2.87. The van der Waals surface area contributed by atoms with Gasteiger partial charge in [-0.15, -0.1) is 0 Å². The Balaban J connectivity index is 2.21. The predicted octanol–water partition coefficient (Wildman–Crippen LogP) is 1.92. The summed E-state index contributed by atoms with van der Waals surface area (Å²) < 4.78 is 0. The van der Waals surface area contributed by atoms with Crippen molar-refractivity contribution in [3.63, 3.8) is 0 Å². The van der Waals surface area contributed by atoms with Crippen molar-refractivity contribution < 1.29 is 10.2 Å². The summed E-state index contributed by atoms with van der Waals surface area (Å²) in [4.78, 5) is 0. The summed E-state index contributed by atoms with van der Waals surface area (Å²) in [5.74, 6) is 0. The summed E-state index contributed by atoms with van der Waals surface area (Å²) in [6, 6.07) is 3.45. The van der Waals surface area contributed by atoms with Gasteiger partial charge in [-0.3, -0.25) is 0 Å². The van der Waals surface area contributed by atoms with Gasteiger partial charge in [-0.05, 0) is 36.1 Å². The monoisotopic (exact) mass is 275 g/mol. The molecule has 5 heteroatoms. The minimum absolute atomic E-state index is 0.0867. The minimum Gasteiger partial charge on any atom is -0.395 e. The first-order valence-electron chi connectivity index (χ1n) is 5.61. The highest BCUT2D eigenvalue weighted by molar-refractivity contribution is 6.35. The van der Waals surface area contributed by atoms with Gasteiger partial charge < -0.3 is 15.5 Å². The first-order chi connectivity index (χ1) is 8.15. The van der Waals surface area contributed by atoms with Gasteiger partial charge in [-0.2, -0.15) is 0 Å². The number of rotatable bonds is 4. The van der Waals surface area contributed by atoms with E-state index < -0.39 is 0 Å². The number of hydrogen-bond donors (Lipinski definition) is 3. The molecular weight excluding hydrogens is 261 g/mol. The van der Waals surface area contributed by atoms with Gasteiger partial charge in [-0.25, -0.2) is 0 Å². The van der Waals surface area contributed by atoms with Crippen molar-refractivity contribution in [1.29, 1.82) is 0 Å². The highest BCUT2D eigenvalue weighted by atomic mass is 35.5. The Morgan fingerprint density at radius 3 is 2.65 bits per heavy atom. The third-order valence-electron chi connectivity index (χ3n) is 3.13. The lowest BCUT2D eigenvalue weighted by atomic mass is 10.1. The Morgan fingerprint density at radius 1 is 1.29 bits per heavy atom. The van der Waals surface area contributed by atoms with Gasteiger partial charge in [0.15, 0.2) is 0 Å². The maximum Gasteiger partial charge on any atom is 0.0607 e. The molecule has 3 N–H and O–H groups in total. The molecule has 3 nitrogen and oxygen atoms in total. The van der Waals surface area contributed by atoms with Crippen molar-refractivity contribution in [3.8, 4) is 0 Å². The van der Waals surface area contributed by atoms with E-state index in [4.69, 9.17) is 33.4 Å². The van der Waals surface area contributed by atoms with Crippen molar-refractivity contribution in [1.82, 2.24) is 5.32 Å². The molecule has 0 aliphatic heterocycles. The molecule has 0 fully saturated rings. The van der Waals surface area contributed by atoms with E-state index >= 15 is 0 Å². The number of fused-ring (bicyclic) bond motifs is 1. The van der Waals surface area contributed by atoms with Crippen LogP contribution < -0.4 is 5.32 Å². The Kier molecular flexibility index (Phi) is 4.28. The molecule has 0 saturated carbocycles. The summed E-state index contributed by atoms with van der Waals surface area (Å²) in [6.07, 6.45) is 1.80. The van der Waals surface area contributed by atoms with E-state index in [1.54, 1.807) is 6.07 Å². The van der Waals surface area contributed by atoms with Crippen molar-refractivity contribution >= 4 is 23.2 Å². The Labute approximate surface area is 110 Å². The van der Waals surface area contributed by atoms with Crippen LogP contribution in [0.25, 0.3) is 0 Å². The topological polar surface area (TPSA) is 52.5 Å². The maximum atomic E-state index is 9.07. The van der Waals surface area contributed by atoms with Crippen LogP contribution in [0.5, 0.6) is 0 Å². The molecule has 17 heavy (non-hydrogen) atoms. The van der Waals surface area contributed by atoms with Crippen LogP contribution in [0.2, 0.25) is 10.0 Å². The number of nitrogens with one attached hydrogen (secondary N) is 1. The van der Waals surface area contributed by atoms with Gasteiger partial charge in [0.2, 0.25) is 0 Å². The van der Waals surface area contributed by atoms with Gasteiger partial charge in [-0.1, -0.05) is 23.2 Å². The van der Waals surface area contributed by atoms with Crippen LogP contribution in [0, 0.1) is 0 Å². The van der Waals surface area contributed by atoms with Crippen molar-refractivity contribution in [3.05, 3.63) is 33.3 Å². The molecule has 0 bridgehead atoms. The highest BCUT2D eigenvalue weighted by Gasteiger charge is 2.26. The van der Waals surface area contributed by atoms with E-state index in [-0.39, 0.29) is 25.3 Å². The summed E-state index contributed by atoms with van der Waals surface area (Å²) >= 11 is 12.1. The second-order valence-corrected chi connectivity index (χ2v) is 5.12. The normalized spacial score (nSPS) is 18.8. The number of hydrogen-bond acceptors (Lipinski definition) is 3. The molecule has 1 aromatic carbocycles. The molecule has 1 aliphatic carbocycles. The highest BCUT2D eigenvalue weighted by Crippen LogP contribution is 2.37. The summed E-state index contributed by atoms with van der Waals surface area (Å²) in [5, 5.41) is 22.7. The van der Waals surface area contributed by atoms with Crippen molar-refractivity contribution in [2.75, 3.05) is 13.2 Å². The lowest BCUT2D eigenvalue weighted by molar-refractivity contribution is 0.162. The van der Waals surface area contributed by atoms with E-state index in [0.29, 0.717) is 10.0 Å². The molecule has 0 aromatic heterocycles. The van der Waals surface area contributed by atoms with Crippen LogP contribution in [0.1, 0.15) is 23.6 Å². The summed E-state index contributed by atoms with van der Waals surface area (Å²) in [6.45, 7) is -0.173. The Morgan fingerprint density at radius 2 is 2.00 bits per heavy atom. The first kappa shape index (κ1) is 13.1. The molecule has 0 saturated heterocycles. The van der Waals surface area contributed by atoms with Crippen LogP contribution in [-0.2, 0) is 6.42 Å². The van der Waals surface area contributed by atoms with Crippen LogP contribution in [-0.4, -0.2) is 29.5 Å². The molecule has 1 aromatic rings. The maximum absolute atomic E-state index is 9.07. The van der Waals surface area contributed by atoms with Gasteiger partial charge in [0.25, 0.3) is 0 Å². The fourth-order valence-electron chi connectivity index (χ4n) is 2.26. The Bertz CT molecular complexity index is 408. The third kappa shape index (κ3) is 2.75. The quantitative estimate of drug-likeness (QED) is 0.787. The molecule has 0 unspecified atom stereocenters. The zero-order valence-corrected chi connectivity index (χ0v) is 10.8. The van der Waals surface area contributed by atoms with Crippen LogP contribution in [0.15, 0.2) is 12.1 Å². The van der Waals surface area contributed by atoms with Crippen LogP contribution >= 0.6 is 23.2 Å². The molecule has 0 radical (unpaired) electrons. The van der Waals surface area contributed by atoms with E-state index in [0.717, 1.165) is 24.0 Å². The predicted molar refractivity (Wildman–Crippen MR) is 68.6 cm³/mol. The molecule has 0 spiro atoms. The zero-order valence-electron chi connectivity index (χ0n) is 9.29. The van der Waals surface area contributed by atoms with Crippen molar-refractivity contribution in [2.24, 2.45) is 0 Å². The van der Waals surface area contributed by atoms with Gasteiger partial charge >= 0.3 is 0 Å². The van der Waals surface area contributed by atoms with E-state index in [1.165, 1.54) is 0 Å². The number of benzene rings is 1. The minimum atomic E-state index is -0.302. The van der Waals surface area contributed by atoms with Gasteiger partial charge in [0.05, 0.1) is 19.3 Å².